The molecule has 2 rings (SSSR count). The largest absolute Gasteiger partial charge is 0.573 e. The van der Waals surface area contributed by atoms with Gasteiger partial charge >= 0.3 is 6.36 Å². The molecule has 8 heteroatoms. The number of nitrogens with one attached hydrogen (secondary N) is 1. The van der Waals surface area contributed by atoms with Gasteiger partial charge in [0.15, 0.2) is 0 Å². The van der Waals surface area contributed by atoms with Gasteiger partial charge in [0.25, 0.3) is 0 Å². The van der Waals surface area contributed by atoms with Crippen molar-refractivity contribution in [3.8, 4) is 5.75 Å². The molecule has 1 atom stereocenters. The quantitative estimate of drug-likeness (QED) is 0.392. The van der Waals surface area contributed by atoms with Crippen molar-refractivity contribution in [3.05, 3.63) is 36.4 Å². The summed E-state index contributed by atoms with van der Waals surface area (Å²) in [4.78, 5) is 13.0. The van der Waals surface area contributed by atoms with Gasteiger partial charge < -0.3 is 10.1 Å². The Morgan fingerprint density at radius 2 is 1.69 bits per heavy atom. The van der Waals surface area contributed by atoms with Gasteiger partial charge in [-0.1, -0.05) is 52.4 Å². The van der Waals surface area contributed by atoms with E-state index in [1.54, 1.807) is 12.3 Å². The van der Waals surface area contributed by atoms with Crippen LogP contribution in [-0.2, 0) is 0 Å². The molecule has 0 aromatic carbocycles. The van der Waals surface area contributed by atoms with Crippen molar-refractivity contribution < 1.29 is 17.9 Å². The smallest absolute Gasteiger partial charge is 0.406 e. The van der Waals surface area contributed by atoms with E-state index < -0.39 is 6.36 Å². The van der Waals surface area contributed by atoms with E-state index in [0.29, 0.717) is 5.82 Å². The van der Waals surface area contributed by atoms with Crippen molar-refractivity contribution in [3.63, 3.8) is 0 Å². The van der Waals surface area contributed by atoms with Crippen LogP contribution in [0.2, 0.25) is 0 Å². The van der Waals surface area contributed by atoms with Crippen LogP contribution in [0.5, 0.6) is 5.75 Å². The van der Waals surface area contributed by atoms with Gasteiger partial charge in [0.2, 0.25) is 0 Å². The zero-order chi connectivity index (χ0) is 21.1. The number of rotatable bonds is 12. The van der Waals surface area contributed by atoms with E-state index in [2.05, 4.69) is 38.9 Å². The normalized spacial score (nSPS) is 12.6. The summed E-state index contributed by atoms with van der Waals surface area (Å²) in [6.07, 6.45) is 7.55. The number of halogens is 3. The van der Waals surface area contributed by atoms with Gasteiger partial charge in [-0.2, -0.15) is 0 Å². The fourth-order valence-corrected chi connectivity index (χ4v) is 3.13. The molecule has 160 valence electrons. The van der Waals surface area contributed by atoms with Gasteiger partial charge in [0.1, 0.15) is 23.2 Å². The summed E-state index contributed by atoms with van der Waals surface area (Å²) in [6.45, 7) is 4.32. The minimum absolute atomic E-state index is 0.223. The Bertz CT molecular complexity index is 740. The van der Waals surface area contributed by atoms with Crippen molar-refractivity contribution >= 4 is 11.6 Å². The van der Waals surface area contributed by atoms with Gasteiger partial charge in [-0.25, -0.2) is 15.0 Å². The summed E-state index contributed by atoms with van der Waals surface area (Å²) in [5.74, 6) is 1.39. The molecular formula is C21H29F3N4O. The van der Waals surface area contributed by atoms with E-state index in [0.717, 1.165) is 31.2 Å². The Morgan fingerprint density at radius 1 is 0.966 bits per heavy atom. The molecule has 2 aromatic heterocycles. The van der Waals surface area contributed by atoms with Crippen molar-refractivity contribution in [1.82, 2.24) is 15.0 Å². The molecule has 0 aliphatic carbocycles. The topological polar surface area (TPSA) is 59.9 Å². The van der Waals surface area contributed by atoms with Gasteiger partial charge in [-0.05, 0) is 25.0 Å². The third-order valence-corrected chi connectivity index (χ3v) is 4.66. The maximum Gasteiger partial charge on any atom is 0.573 e. The second-order valence-corrected chi connectivity index (χ2v) is 7.01. The molecule has 1 N–H and O–H groups in total. The monoisotopic (exact) mass is 410 g/mol. The fourth-order valence-electron chi connectivity index (χ4n) is 3.13. The number of aromatic nitrogens is 3. The van der Waals surface area contributed by atoms with Crippen LogP contribution in [0.4, 0.5) is 24.8 Å². The maximum absolute atomic E-state index is 12.4. The second kappa shape index (κ2) is 11.6. The summed E-state index contributed by atoms with van der Waals surface area (Å²) in [7, 11) is 0. The van der Waals surface area contributed by atoms with Crippen molar-refractivity contribution in [2.75, 3.05) is 5.32 Å². The van der Waals surface area contributed by atoms with Crippen LogP contribution >= 0.6 is 0 Å². The van der Waals surface area contributed by atoms with Crippen molar-refractivity contribution in [2.24, 2.45) is 0 Å². The summed E-state index contributed by atoms with van der Waals surface area (Å²) >= 11 is 0. The first-order valence-electron chi connectivity index (χ1n) is 10.2. The number of alkyl halides is 3. The molecule has 2 heterocycles. The van der Waals surface area contributed by atoms with Gasteiger partial charge in [0.05, 0.1) is 0 Å². The lowest BCUT2D eigenvalue weighted by Gasteiger charge is -2.15. The molecular weight excluding hydrogens is 381 g/mol. The van der Waals surface area contributed by atoms with E-state index in [-0.39, 0.29) is 17.5 Å². The first-order valence-corrected chi connectivity index (χ1v) is 10.2. The number of hydrogen-bond donors (Lipinski definition) is 1. The summed E-state index contributed by atoms with van der Waals surface area (Å²) < 4.78 is 41.1. The average Bonchev–Trinajstić information content (AvgIpc) is 2.67. The molecule has 2 aromatic rings. The first-order chi connectivity index (χ1) is 13.9. The van der Waals surface area contributed by atoms with Crippen molar-refractivity contribution in [1.29, 1.82) is 0 Å². The lowest BCUT2D eigenvalue weighted by atomic mass is 9.97. The standard InChI is InChI=1S/C21H29F3N4O/c1-3-5-6-7-8-9-10-16(4-2)20-26-14-12-18(28-20)27-19-15-17(11-13-25-19)29-21(22,23)24/h11-16H,3-10H2,1-2H3,(H,25,26,27,28). The number of hydrogen-bond acceptors (Lipinski definition) is 5. The minimum Gasteiger partial charge on any atom is -0.406 e. The Kier molecular flexibility index (Phi) is 9.15. The molecule has 0 saturated carbocycles. The average molecular weight is 410 g/mol. The number of unbranched alkanes of at least 4 members (excludes halogenated alkanes) is 5. The lowest BCUT2D eigenvalue weighted by Crippen LogP contribution is -2.17. The third kappa shape index (κ3) is 8.66. The number of pyridine rings is 1. The van der Waals surface area contributed by atoms with Crippen LogP contribution in [0.15, 0.2) is 30.6 Å². The second-order valence-electron chi connectivity index (χ2n) is 7.01. The zero-order valence-corrected chi connectivity index (χ0v) is 17.0. The Balaban J connectivity index is 1.96. The van der Waals surface area contributed by atoms with Crippen LogP contribution in [0.25, 0.3) is 0 Å². The van der Waals surface area contributed by atoms with Gasteiger partial charge in [-0.15, -0.1) is 13.2 Å². The van der Waals surface area contributed by atoms with Crippen LogP contribution in [-0.4, -0.2) is 21.3 Å². The Hall–Kier alpha value is -2.38. The molecule has 0 bridgehead atoms. The molecule has 0 amide bonds. The molecule has 0 radical (unpaired) electrons. The Morgan fingerprint density at radius 3 is 2.41 bits per heavy atom. The summed E-state index contributed by atoms with van der Waals surface area (Å²) in [5, 5.41) is 2.93. The third-order valence-electron chi connectivity index (χ3n) is 4.66. The summed E-state index contributed by atoms with van der Waals surface area (Å²) in [6, 6.07) is 4.00. The highest BCUT2D eigenvalue weighted by Gasteiger charge is 2.31. The predicted octanol–water partition coefficient (Wildman–Crippen LogP) is 6.76. The van der Waals surface area contributed by atoms with Crippen molar-refractivity contribution in [2.45, 2.75) is 77.5 Å². The van der Waals surface area contributed by atoms with Gasteiger partial charge in [0, 0.05) is 24.4 Å². The molecule has 1 unspecified atom stereocenters. The predicted molar refractivity (Wildman–Crippen MR) is 107 cm³/mol. The van der Waals surface area contributed by atoms with E-state index in [1.807, 2.05) is 0 Å². The van der Waals surface area contributed by atoms with Crippen LogP contribution in [0, 0.1) is 0 Å². The minimum atomic E-state index is -4.74. The zero-order valence-electron chi connectivity index (χ0n) is 17.0. The van der Waals surface area contributed by atoms with E-state index in [4.69, 9.17) is 0 Å². The van der Waals surface area contributed by atoms with E-state index in [9.17, 15) is 13.2 Å². The molecule has 0 fully saturated rings. The fraction of sp³-hybridized carbons (Fsp3) is 0.571. The molecule has 0 aliphatic heterocycles. The molecule has 0 aliphatic rings. The van der Waals surface area contributed by atoms with Crippen LogP contribution in [0.3, 0.4) is 0 Å². The highest BCUT2D eigenvalue weighted by atomic mass is 19.4. The van der Waals surface area contributed by atoms with Gasteiger partial charge in [-0.3, -0.25) is 0 Å². The number of anilines is 2. The van der Waals surface area contributed by atoms with E-state index in [1.165, 1.54) is 44.4 Å². The molecule has 0 saturated heterocycles. The first kappa shape index (κ1) is 22.9. The lowest BCUT2D eigenvalue weighted by molar-refractivity contribution is -0.274. The number of ether oxygens (including phenoxy) is 1. The Labute approximate surface area is 170 Å². The maximum atomic E-state index is 12.4. The number of nitrogens with zero attached hydrogens (tertiary/aromatic N) is 3. The molecule has 5 nitrogen and oxygen atoms in total. The van der Waals surface area contributed by atoms with E-state index >= 15 is 0 Å². The van der Waals surface area contributed by atoms with Crippen LogP contribution in [0.1, 0.15) is 77.0 Å². The highest BCUT2D eigenvalue weighted by Crippen LogP contribution is 2.27. The highest BCUT2D eigenvalue weighted by molar-refractivity contribution is 5.53. The molecule has 29 heavy (non-hydrogen) atoms. The molecule has 0 spiro atoms. The van der Waals surface area contributed by atoms with Crippen LogP contribution < -0.4 is 10.1 Å². The summed E-state index contributed by atoms with van der Waals surface area (Å²) in [5.41, 5.74) is 0. The SMILES string of the molecule is CCCCCCCCC(CC)c1nccc(Nc2cc(OC(F)(F)F)ccn2)n1.